The van der Waals surface area contributed by atoms with Crippen LogP contribution in [0.3, 0.4) is 0 Å². The lowest BCUT2D eigenvalue weighted by molar-refractivity contribution is 0.577. The number of rotatable bonds is 4. The molecular formula is C12H17N. The van der Waals surface area contributed by atoms with Crippen molar-refractivity contribution in [3.8, 4) is 0 Å². The molecule has 0 saturated heterocycles. The minimum atomic E-state index is 0.471. The van der Waals surface area contributed by atoms with Crippen LogP contribution in [-0.2, 0) is 0 Å². The monoisotopic (exact) mass is 175 g/mol. The summed E-state index contributed by atoms with van der Waals surface area (Å²) in [6.45, 7) is 5.91. The van der Waals surface area contributed by atoms with E-state index in [0.29, 0.717) is 6.04 Å². The molecule has 1 N–H and O–H groups in total. The van der Waals surface area contributed by atoms with Gasteiger partial charge in [0.05, 0.1) is 0 Å². The van der Waals surface area contributed by atoms with E-state index in [9.17, 15) is 0 Å². The van der Waals surface area contributed by atoms with E-state index in [0.717, 1.165) is 6.42 Å². The number of hydrogen-bond acceptors (Lipinski definition) is 1. The minimum absolute atomic E-state index is 0.471. The van der Waals surface area contributed by atoms with E-state index in [2.05, 4.69) is 43.1 Å². The molecule has 1 rings (SSSR count). The molecule has 13 heavy (non-hydrogen) atoms. The van der Waals surface area contributed by atoms with Gasteiger partial charge in [0.25, 0.3) is 0 Å². The topological polar surface area (TPSA) is 12.0 Å². The van der Waals surface area contributed by atoms with Gasteiger partial charge in [-0.05, 0) is 24.6 Å². The zero-order chi connectivity index (χ0) is 9.68. The maximum absolute atomic E-state index is 3.73. The van der Waals surface area contributed by atoms with Crippen molar-refractivity contribution in [1.82, 2.24) is 5.32 Å². The van der Waals surface area contributed by atoms with Gasteiger partial charge in [0.1, 0.15) is 0 Å². The molecule has 0 aliphatic heterocycles. The Balaban J connectivity index is 2.83. The fourth-order valence-electron chi connectivity index (χ4n) is 1.47. The van der Waals surface area contributed by atoms with E-state index in [4.69, 9.17) is 0 Å². The Morgan fingerprint density at radius 2 is 2.00 bits per heavy atom. The van der Waals surface area contributed by atoms with Crippen LogP contribution in [0.5, 0.6) is 0 Å². The Kier molecular flexibility index (Phi) is 3.71. The predicted molar refractivity (Wildman–Crippen MR) is 58.6 cm³/mol. The fraction of sp³-hybridized carbons (Fsp3) is 0.333. The molecule has 1 aromatic carbocycles. The van der Waals surface area contributed by atoms with Crippen LogP contribution in [-0.4, -0.2) is 7.05 Å². The second kappa shape index (κ2) is 4.83. The van der Waals surface area contributed by atoms with Crippen LogP contribution in [0.25, 0.3) is 6.08 Å². The number of nitrogens with one attached hydrogen (secondary N) is 1. The van der Waals surface area contributed by atoms with E-state index in [1.807, 2.05) is 13.1 Å². The van der Waals surface area contributed by atoms with Crippen molar-refractivity contribution < 1.29 is 0 Å². The molecule has 0 spiro atoms. The smallest absolute Gasteiger partial charge is 0.0314 e. The molecule has 0 bridgehead atoms. The van der Waals surface area contributed by atoms with Gasteiger partial charge in [-0.1, -0.05) is 43.8 Å². The summed E-state index contributed by atoms with van der Waals surface area (Å²) >= 11 is 0. The molecule has 0 fully saturated rings. The average molecular weight is 175 g/mol. The Morgan fingerprint density at radius 3 is 2.38 bits per heavy atom. The Hall–Kier alpha value is -1.08. The molecule has 1 heteroatoms. The molecule has 0 aliphatic carbocycles. The molecular weight excluding hydrogens is 158 g/mol. The van der Waals surface area contributed by atoms with Crippen molar-refractivity contribution >= 4 is 6.08 Å². The SMILES string of the molecule is C=Cc1ccc(C(CC)NC)cc1. The molecule has 0 amide bonds. The van der Waals surface area contributed by atoms with E-state index in [1.54, 1.807) is 0 Å². The van der Waals surface area contributed by atoms with E-state index < -0.39 is 0 Å². The Morgan fingerprint density at radius 1 is 1.38 bits per heavy atom. The van der Waals surface area contributed by atoms with Gasteiger partial charge in [-0.15, -0.1) is 0 Å². The minimum Gasteiger partial charge on any atom is -0.313 e. The third-order valence-corrected chi connectivity index (χ3v) is 2.33. The van der Waals surface area contributed by atoms with Gasteiger partial charge < -0.3 is 5.32 Å². The highest BCUT2D eigenvalue weighted by Crippen LogP contribution is 2.16. The van der Waals surface area contributed by atoms with Crippen LogP contribution < -0.4 is 5.32 Å². The van der Waals surface area contributed by atoms with Gasteiger partial charge in [0.15, 0.2) is 0 Å². The van der Waals surface area contributed by atoms with Crippen LogP contribution >= 0.6 is 0 Å². The first-order valence-electron chi connectivity index (χ1n) is 4.71. The maximum Gasteiger partial charge on any atom is 0.0314 e. The summed E-state index contributed by atoms with van der Waals surface area (Å²) < 4.78 is 0. The zero-order valence-electron chi connectivity index (χ0n) is 8.38. The first kappa shape index (κ1) is 10.0. The second-order valence-corrected chi connectivity index (χ2v) is 3.12. The highest BCUT2D eigenvalue weighted by Gasteiger charge is 2.04. The molecule has 0 aromatic heterocycles. The fourth-order valence-corrected chi connectivity index (χ4v) is 1.47. The zero-order valence-corrected chi connectivity index (χ0v) is 8.38. The lowest BCUT2D eigenvalue weighted by atomic mass is 10.0. The molecule has 0 saturated carbocycles. The molecule has 0 radical (unpaired) electrons. The highest BCUT2D eigenvalue weighted by molar-refractivity contribution is 5.47. The Labute approximate surface area is 80.5 Å². The van der Waals surface area contributed by atoms with Crippen LogP contribution in [0.1, 0.15) is 30.5 Å². The number of benzene rings is 1. The van der Waals surface area contributed by atoms with Gasteiger partial charge in [-0.3, -0.25) is 0 Å². The third-order valence-electron chi connectivity index (χ3n) is 2.33. The quantitative estimate of drug-likeness (QED) is 0.741. The number of hydrogen-bond donors (Lipinski definition) is 1. The van der Waals surface area contributed by atoms with Gasteiger partial charge in [0, 0.05) is 6.04 Å². The van der Waals surface area contributed by atoms with Gasteiger partial charge in [0.2, 0.25) is 0 Å². The summed E-state index contributed by atoms with van der Waals surface area (Å²) in [4.78, 5) is 0. The molecule has 1 atom stereocenters. The lowest BCUT2D eigenvalue weighted by Crippen LogP contribution is -2.14. The van der Waals surface area contributed by atoms with Gasteiger partial charge in [-0.25, -0.2) is 0 Å². The largest absolute Gasteiger partial charge is 0.313 e. The molecule has 70 valence electrons. The van der Waals surface area contributed by atoms with Crippen molar-refractivity contribution in [2.45, 2.75) is 19.4 Å². The second-order valence-electron chi connectivity index (χ2n) is 3.12. The van der Waals surface area contributed by atoms with Crippen molar-refractivity contribution in [3.63, 3.8) is 0 Å². The third kappa shape index (κ3) is 2.43. The van der Waals surface area contributed by atoms with E-state index >= 15 is 0 Å². The van der Waals surface area contributed by atoms with Crippen molar-refractivity contribution in [3.05, 3.63) is 42.0 Å². The predicted octanol–water partition coefficient (Wildman–Crippen LogP) is 3.00. The lowest BCUT2D eigenvalue weighted by Gasteiger charge is -2.13. The van der Waals surface area contributed by atoms with Gasteiger partial charge >= 0.3 is 0 Å². The molecule has 1 unspecified atom stereocenters. The highest BCUT2D eigenvalue weighted by atomic mass is 14.9. The van der Waals surface area contributed by atoms with Crippen LogP contribution in [0, 0.1) is 0 Å². The standard InChI is InChI=1S/C12H17N/c1-4-10-6-8-11(9-7-10)12(5-2)13-3/h4,6-9,12-13H,1,5H2,2-3H3. The summed E-state index contributed by atoms with van der Waals surface area (Å²) in [7, 11) is 2.00. The summed E-state index contributed by atoms with van der Waals surface area (Å²) in [6, 6.07) is 8.98. The van der Waals surface area contributed by atoms with E-state index in [-0.39, 0.29) is 0 Å². The van der Waals surface area contributed by atoms with Crippen LogP contribution in [0.2, 0.25) is 0 Å². The van der Waals surface area contributed by atoms with Crippen LogP contribution in [0.4, 0.5) is 0 Å². The first-order valence-corrected chi connectivity index (χ1v) is 4.71. The molecule has 1 aromatic rings. The summed E-state index contributed by atoms with van der Waals surface area (Å²) in [5.74, 6) is 0. The maximum atomic E-state index is 3.73. The van der Waals surface area contributed by atoms with Crippen LogP contribution in [0.15, 0.2) is 30.8 Å². The summed E-state index contributed by atoms with van der Waals surface area (Å²) in [6.07, 6.45) is 2.98. The Bertz CT molecular complexity index is 257. The van der Waals surface area contributed by atoms with Gasteiger partial charge in [-0.2, -0.15) is 0 Å². The van der Waals surface area contributed by atoms with Crippen molar-refractivity contribution in [2.24, 2.45) is 0 Å². The average Bonchev–Trinajstić information content (AvgIpc) is 2.21. The molecule has 0 heterocycles. The van der Waals surface area contributed by atoms with Crippen molar-refractivity contribution in [2.75, 3.05) is 7.05 Å². The normalized spacial score (nSPS) is 12.5. The van der Waals surface area contributed by atoms with Crippen molar-refractivity contribution in [1.29, 1.82) is 0 Å². The molecule has 0 aliphatic rings. The summed E-state index contributed by atoms with van der Waals surface area (Å²) in [5, 5.41) is 3.28. The first-order chi connectivity index (χ1) is 6.31. The van der Waals surface area contributed by atoms with E-state index in [1.165, 1.54) is 11.1 Å². The summed E-state index contributed by atoms with van der Waals surface area (Å²) in [5.41, 5.74) is 2.52. The molecule has 1 nitrogen and oxygen atoms in total.